The van der Waals surface area contributed by atoms with Gasteiger partial charge in [0, 0.05) is 35.1 Å². The Kier molecular flexibility index (Phi) is 5.80. The van der Waals surface area contributed by atoms with Crippen LogP contribution in [0.1, 0.15) is 47.1 Å². The van der Waals surface area contributed by atoms with E-state index < -0.39 is 23.2 Å². The van der Waals surface area contributed by atoms with Crippen LogP contribution in [0.5, 0.6) is 5.75 Å². The Morgan fingerprint density at radius 2 is 1.87 bits per heavy atom. The third-order valence-corrected chi connectivity index (χ3v) is 7.89. The minimum absolute atomic E-state index is 0.0533. The van der Waals surface area contributed by atoms with Gasteiger partial charge in [-0.2, -0.15) is 5.10 Å². The van der Waals surface area contributed by atoms with Crippen molar-refractivity contribution in [3.8, 4) is 11.4 Å². The molecule has 2 N–H and O–H groups in total. The maximum Gasteiger partial charge on any atom is 0.280 e. The number of aromatic nitrogens is 3. The van der Waals surface area contributed by atoms with Gasteiger partial charge in [0.15, 0.2) is 11.9 Å². The van der Waals surface area contributed by atoms with Crippen molar-refractivity contribution in [1.82, 2.24) is 14.3 Å². The zero-order chi connectivity index (χ0) is 27.8. The molecular formula is C28H25Cl2N5O4. The van der Waals surface area contributed by atoms with Gasteiger partial charge in [-0.25, -0.2) is 4.68 Å². The number of para-hydroxylation sites is 2. The van der Waals surface area contributed by atoms with E-state index >= 15 is 0 Å². The quantitative estimate of drug-likeness (QED) is 0.373. The fourth-order valence-electron chi connectivity index (χ4n) is 5.83. The summed E-state index contributed by atoms with van der Waals surface area (Å²) in [6, 6.07) is 14.1. The number of aryl methyl sites for hydroxylation is 1. The van der Waals surface area contributed by atoms with Crippen LogP contribution in [-0.4, -0.2) is 38.7 Å². The average molecular weight is 566 g/mol. The van der Waals surface area contributed by atoms with Crippen LogP contribution < -0.4 is 20.5 Å². The highest BCUT2D eigenvalue weighted by Crippen LogP contribution is 2.56. The number of ether oxygens (including phenoxy) is 1. The summed E-state index contributed by atoms with van der Waals surface area (Å²) >= 11 is 12.6. The highest BCUT2D eigenvalue weighted by atomic mass is 35.5. The minimum atomic E-state index is -1.44. The van der Waals surface area contributed by atoms with Crippen LogP contribution in [0.15, 0.2) is 59.5 Å². The molecule has 11 heteroatoms. The molecule has 1 amide bonds. The first-order valence-corrected chi connectivity index (χ1v) is 13.1. The summed E-state index contributed by atoms with van der Waals surface area (Å²) in [6.07, 6.45) is 0.254. The van der Waals surface area contributed by atoms with Crippen molar-refractivity contribution in [2.75, 3.05) is 17.3 Å². The number of nitrogens with one attached hydrogen (secondary N) is 1. The van der Waals surface area contributed by atoms with Gasteiger partial charge >= 0.3 is 0 Å². The van der Waals surface area contributed by atoms with E-state index in [0.29, 0.717) is 39.0 Å². The Balaban J connectivity index is 1.74. The van der Waals surface area contributed by atoms with E-state index in [9.17, 15) is 14.7 Å². The Bertz CT molecular complexity index is 1700. The molecular weight excluding hydrogens is 541 g/mol. The lowest BCUT2D eigenvalue weighted by Crippen LogP contribution is -2.53. The fraction of sp³-hybridized carbons (Fsp3) is 0.250. The SMILES string of the molecule is COc1ccccc1-n1nc2c(c1C(C)C)C1(c3ccc(Cl)cc3NC1O)N(c1cc(Cl)c(=O)n(C)c1)C2=O. The summed E-state index contributed by atoms with van der Waals surface area (Å²) < 4.78 is 8.65. The van der Waals surface area contributed by atoms with E-state index in [4.69, 9.17) is 33.0 Å². The van der Waals surface area contributed by atoms with Gasteiger partial charge < -0.3 is 19.7 Å². The number of amides is 1. The molecule has 0 fully saturated rings. The number of pyridine rings is 1. The van der Waals surface area contributed by atoms with Crippen LogP contribution in [0, 0.1) is 0 Å². The topological polar surface area (TPSA) is 102 Å². The summed E-state index contributed by atoms with van der Waals surface area (Å²) in [7, 11) is 3.13. The first-order valence-electron chi connectivity index (χ1n) is 12.3. The average Bonchev–Trinajstić information content (AvgIpc) is 3.50. The van der Waals surface area contributed by atoms with E-state index in [0.717, 1.165) is 5.69 Å². The molecule has 0 saturated carbocycles. The standard InChI is InChI=1S/C28H25Cl2N5O4/c1-14(2)24-22-23(32-35(24)20-7-5-6-8-21(20)39-4)26(37)34(16-12-18(30)25(36)33(3)13-16)28(22)17-10-9-15(29)11-19(17)31-27(28)38/h5-14,27,31,38H,1-4H3. The fourth-order valence-corrected chi connectivity index (χ4v) is 6.25. The lowest BCUT2D eigenvalue weighted by molar-refractivity contribution is 0.0916. The molecule has 2 aromatic heterocycles. The molecule has 1 spiro atoms. The van der Waals surface area contributed by atoms with Gasteiger partial charge in [0.25, 0.3) is 11.5 Å². The lowest BCUT2D eigenvalue weighted by Gasteiger charge is -2.39. The number of aliphatic hydroxyl groups is 1. The number of rotatable bonds is 4. The molecule has 0 saturated heterocycles. The molecule has 2 aliphatic rings. The van der Waals surface area contributed by atoms with E-state index in [1.807, 2.05) is 38.1 Å². The van der Waals surface area contributed by atoms with Crippen LogP contribution in [0.4, 0.5) is 11.4 Å². The van der Waals surface area contributed by atoms with E-state index in [1.54, 1.807) is 37.0 Å². The van der Waals surface area contributed by atoms with Crippen LogP contribution in [0.25, 0.3) is 5.69 Å². The maximum absolute atomic E-state index is 14.4. The third kappa shape index (κ3) is 3.40. The number of aliphatic hydroxyl groups excluding tert-OH is 1. The monoisotopic (exact) mass is 565 g/mol. The molecule has 2 aromatic carbocycles. The van der Waals surface area contributed by atoms with Crippen LogP contribution in [-0.2, 0) is 12.6 Å². The third-order valence-electron chi connectivity index (χ3n) is 7.38. The first kappa shape index (κ1) is 25.5. The summed E-state index contributed by atoms with van der Waals surface area (Å²) in [5, 5.41) is 20.2. The smallest absolute Gasteiger partial charge is 0.280 e. The molecule has 39 heavy (non-hydrogen) atoms. The molecule has 6 rings (SSSR count). The number of halogens is 2. The number of benzene rings is 2. The highest BCUT2D eigenvalue weighted by molar-refractivity contribution is 6.31. The van der Waals surface area contributed by atoms with Crippen LogP contribution in [0.3, 0.4) is 0 Å². The molecule has 200 valence electrons. The van der Waals surface area contributed by atoms with Gasteiger partial charge in [-0.15, -0.1) is 0 Å². The Labute approximate surface area is 234 Å². The van der Waals surface area contributed by atoms with Crippen LogP contribution in [0.2, 0.25) is 10.0 Å². The largest absolute Gasteiger partial charge is 0.494 e. The maximum atomic E-state index is 14.4. The van der Waals surface area contributed by atoms with Crippen molar-refractivity contribution in [3.63, 3.8) is 0 Å². The number of methoxy groups -OCH3 is 1. The summed E-state index contributed by atoms with van der Waals surface area (Å²) in [6.45, 7) is 4.01. The zero-order valence-corrected chi connectivity index (χ0v) is 23.1. The normalized spacial score (nSPS) is 19.5. The van der Waals surface area contributed by atoms with E-state index in [-0.39, 0.29) is 16.6 Å². The highest BCUT2D eigenvalue weighted by Gasteiger charge is 2.63. The number of fused-ring (bicyclic) bond motifs is 4. The van der Waals surface area contributed by atoms with E-state index in [2.05, 4.69) is 5.32 Å². The molecule has 2 aliphatic heterocycles. The molecule has 0 radical (unpaired) electrons. The molecule has 2 atom stereocenters. The molecule has 2 unspecified atom stereocenters. The second-order valence-electron chi connectivity index (χ2n) is 9.95. The minimum Gasteiger partial charge on any atom is -0.494 e. The molecule has 0 bridgehead atoms. The van der Waals surface area contributed by atoms with Crippen molar-refractivity contribution >= 4 is 40.5 Å². The van der Waals surface area contributed by atoms with Crippen molar-refractivity contribution in [3.05, 3.63) is 97.6 Å². The molecule has 4 aromatic rings. The van der Waals surface area contributed by atoms with E-state index in [1.165, 1.54) is 21.7 Å². The van der Waals surface area contributed by atoms with Crippen molar-refractivity contribution in [2.24, 2.45) is 7.05 Å². The van der Waals surface area contributed by atoms with Gasteiger partial charge in [0.05, 0.1) is 18.5 Å². The Morgan fingerprint density at radius 3 is 2.56 bits per heavy atom. The number of hydrogen-bond acceptors (Lipinski definition) is 6. The first-order chi connectivity index (χ1) is 18.6. The van der Waals surface area contributed by atoms with Gasteiger partial charge in [0.2, 0.25) is 0 Å². The summed E-state index contributed by atoms with van der Waals surface area (Å²) in [5.41, 5.74) is 1.84. The molecule has 4 heterocycles. The molecule has 0 aliphatic carbocycles. The van der Waals surface area contributed by atoms with Crippen LogP contribution >= 0.6 is 23.2 Å². The second kappa shape index (κ2) is 8.87. The summed E-state index contributed by atoms with van der Waals surface area (Å²) in [4.78, 5) is 28.3. The lowest BCUT2D eigenvalue weighted by atomic mass is 9.81. The van der Waals surface area contributed by atoms with Gasteiger partial charge in [0.1, 0.15) is 22.0 Å². The number of nitrogens with zero attached hydrogens (tertiary/aromatic N) is 4. The predicted octanol–water partition coefficient (Wildman–Crippen LogP) is 4.66. The summed E-state index contributed by atoms with van der Waals surface area (Å²) in [5.74, 6) is 0.0167. The van der Waals surface area contributed by atoms with Gasteiger partial charge in [-0.1, -0.05) is 55.2 Å². The Hall–Kier alpha value is -3.79. The number of carbonyl (C=O) groups is 1. The van der Waals surface area contributed by atoms with Gasteiger partial charge in [-0.3, -0.25) is 14.5 Å². The number of hydrogen-bond donors (Lipinski definition) is 2. The second-order valence-corrected chi connectivity index (χ2v) is 10.8. The Morgan fingerprint density at radius 1 is 1.13 bits per heavy atom. The van der Waals surface area contributed by atoms with Crippen molar-refractivity contribution < 1.29 is 14.6 Å². The number of anilines is 2. The number of carbonyl (C=O) groups excluding carboxylic acids is 1. The van der Waals surface area contributed by atoms with Crippen molar-refractivity contribution in [2.45, 2.75) is 31.5 Å². The van der Waals surface area contributed by atoms with Crippen molar-refractivity contribution in [1.29, 1.82) is 0 Å². The predicted molar refractivity (Wildman–Crippen MR) is 150 cm³/mol. The van der Waals surface area contributed by atoms with Gasteiger partial charge in [-0.05, 0) is 36.2 Å². The molecule has 9 nitrogen and oxygen atoms in total. The zero-order valence-electron chi connectivity index (χ0n) is 21.6.